The lowest BCUT2D eigenvalue weighted by atomic mass is 10.3. The zero-order chi connectivity index (χ0) is 16.2. The number of carbonyl (C=O) groups excluding carboxylic acids is 1. The fraction of sp³-hybridized carbons (Fsp3) is 0.143. The van der Waals surface area contributed by atoms with Crippen molar-refractivity contribution in [2.75, 3.05) is 5.32 Å². The first-order valence-corrected chi connectivity index (χ1v) is 7.68. The first-order chi connectivity index (χ1) is 10.4. The van der Waals surface area contributed by atoms with Crippen LogP contribution in [-0.4, -0.2) is 20.8 Å². The number of hydrogen-bond donors (Lipinski definition) is 2. The summed E-state index contributed by atoms with van der Waals surface area (Å²) in [6, 6.07) is 11.8. The molecule has 0 aliphatic carbocycles. The number of carbonyl (C=O) groups is 1. The standard InChI is InChI=1S/C14H11Cl4N3O/c15-9-4-3-5-10(8-9)20-13(14(16,17)18)21-12(22)11-6-1-2-7-19-11/h1-8,13,20H,(H,21,22). The predicted molar refractivity (Wildman–Crippen MR) is 90.9 cm³/mol. The van der Waals surface area contributed by atoms with Crippen molar-refractivity contribution in [1.29, 1.82) is 0 Å². The Balaban J connectivity index is 2.15. The van der Waals surface area contributed by atoms with Crippen LogP contribution in [0.3, 0.4) is 0 Å². The van der Waals surface area contributed by atoms with E-state index in [1.807, 2.05) is 0 Å². The third-order valence-corrected chi connectivity index (χ3v) is 3.53. The van der Waals surface area contributed by atoms with Gasteiger partial charge in [0.2, 0.25) is 3.79 Å². The van der Waals surface area contributed by atoms with Gasteiger partial charge < -0.3 is 10.6 Å². The minimum Gasteiger partial charge on any atom is -0.362 e. The van der Waals surface area contributed by atoms with E-state index in [0.29, 0.717) is 10.7 Å². The zero-order valence-corrected chi connectivity index (χ0v) is 14.1. The highest BCUT2D eigenvalue weighted by Gasteiger charge is 2.34. The summed E-state index contributed by atoms with van der Waals surface area (Å²) >= 11 is 23.7. The molecule has 1 atom stereocenters. The fourth-order valence-electron chi connectivity index (χ4n) is 1.65. The van der Waals surface area contributed by atoms with E-state index in [1.54, 1.807) is 42.5 Å². The highest BCUT2D eigenvalue weighted by atomic mass is 35.6. The summed E-state index contributed by atoms with van der Waals surface area (Å²) in [5, 5.41) is 6.03. The first kappa shape index (κ1) is 17.2. The lowest BCUT2D eigenvalue weighted by Crippen LogP contribution is -2.49. The maximum absolute atomic E-state index is 12.1. The molecule has 1 aromatic heterocycles. The largest absolute Gasteiger partial charge is 0.362 e. The van der Waals surface area contributed by atoms with E-state index in [0.717, 1.165) is 0 Å². The molecule has 0 spiro atoms. The van der Waals surface area contributed by atoms with E-state index in [-0.39, 0.29) is 5.69 Å². The van der Waals surface area contributed by atoms with Crippen LogP contribution in [0, 0.1) is 0 Å². The molecule has 2 aromatic rings. The Morgan fingerprint density at radius 3 is 2.50 bits per heavy atom. The van der Waals surface area contributed by atoms with Gasteiger partial charge in [0.1, 0.15) is 11.9 Å². The number of nitrogens with zero attached hydrogens (tertiary/aromatic N) is 1. The Bertz CT molecular complexity index is 646. The van der Waals surface area contributed by atoms with Gasteiger partial charge in [-0.2, -0.15) is 0 Å². The summed E-state index contributed by atoms with van der Waals surface area (Å²) < 4.78 is -1.77. The second kappa shape index (κ2) is 7.38. The third kappa shape index (κ3) is 4.92. The summed E-state index contributed by atoms with van der Waals surface area (Å²) in [5.74, 6) is -0.466. The molecule has 0 bridgehead atoms. The van der Waals surface area contributed by atoms with Gasteiger partial charge >= 0.3 is 0 Å². The number of aromatic nitrogens is 1. The number of benzene rings is 1. The Labute approximate surface area is 147 Å². The van der Waals surface area contributed by atoms with Gasteiger partial charge in [0.15, 0.2) is 0 Å². The Hall–Kier alpha value is -1.20. The van der Waals surface area contributed by atoms with Crippen molar-refractivity contribution in [3.8, 4) is 0 Å². The maximum atomic E-state index is 12.1. The Morgan fingerprint density at radius 1 is 1.14 bits per heavy atom. The Morgan fingerprint density at radius 2 is 1.91 bits per heavy atom. The minimum absolute atomic E-state index is 0.217. The van der Waals surface area contributed by atoms with Crippen LogP contribution in [0.5, 0.6) is 0 Å². The van der Waals surface area contributed by atoms with Crippen LogP contribution in [0.15, 0.2) is 48.7 Å². The highest BCUT2D eigenvalue weighted by molar-refractivity contribution is 6.68. The molecular formula is C14H11Cl4N3O. The van der Waals surface area contributed by atoms with E-state index in [2.05, 4.69) is 15.6 Å². The maximum Gasteiger partial charge on any atom is 0.271 e. The monoisotopic (exact) mass is 377 g/mol. The number of hydrogen-bond acceptors (Lipinski definition) is 3. The molecule has 0 aliphatic rings. The van der Waals surface area contributed by atoms with E-state index in [1.165, 1.54) is 6.20 Å². The van der Waals surface area contributed by atoms with Crippen LogP contribution in [0.25, 0.3) is 0 Å². The molecule has 0 aliphatic heterocycles. The molecule has 4 nitrogen and oxygen atoms in total. The van der Waals surface area contributed by atoms with Crippen molar-refractivity contribution in [2.24, 2.45) is 0 Å². The Kier molecular flexibility index (Phi) is 5.75. The second-order valence-electron chi connectivity index (χ2n) is 4.32. The van der Waals surface area contributed by atoms with Crippen molar-refractivity contribution >= 4 is 58.0 Å². The molecule has 0 saturated heterocycles. The van der Waals surface area contributed by atoms with Crippen molar-refractivity contribution in [3.63, 3.8) is 0 Å². The molecule has 2 rings (SSSR count). The van der Waals surface area contributed by atoms with Crippen molar-refractivity contribution in [3.05, 3.63) is 59.4 Å². The second-order valence-corrected chi connectivity index (χ2v) is 7.12. The van der Waals surface area contributed by atoms with Crippen molar-refractivity contribution in [2.45, 2.75) is 9.96 Å². The lowest BCUT2D eigenvalue weighted by Gasteiger charge is -2.27. The molecular weight excluding hydrogens is 368 g/mol. The third-order valence-electron chi connectivity index (χ3n) is 2.64. The van der Waals surface area contributed by atoms with Gasteiger partial charge in [-0.25, -0.2) is 0 Å². The molecule has 1 heterocycles. The number of nitrogens with one attached hydrogen (secondary N) is 2. The summed E-state index contributed by atoms with van der Waals surface area (Å²) in [7, 11) is 0. The average Bonchev–Trinajstić information content (AvgIpc) is 2.46. The molecule has 1 amide bonds. The molecule has 0 radical (unpaired) electrons. The summed E-state index contributed by atoms with van der Waals surface area (Å²) in [5.41, 5.74) is 0.819. The SMILES string of the molecule is O=C(NC(Nc1cccc(Cl)c1)C(Cl)(Cl)Cl)c1ccccn1. The van der Waals surface area contributed by atoms with E-state index in [4.69, 9.17) is 46.4 Å². The van der Waals surface area contributed by atoms with Gasteiger partial charge in [-0.1, -0.05) is 58.5 Å². The predicted octanol–water partition coefficient (Wildman–Crippen LogP) is 4.27. The number of halogens is 4. The van der Waals surface area contributed by atoms with E-state index < -0.39 is 15.9 Å². The molecule has 116 valence electrons. The fourth-order valence-corrected chi connectivity index (χ4v) is 2.16. The van der Waals surface area contributed by atoms with Gasteiger partial charge in [0.25, 0.3) is 5.91 Å². The summed E-state index contributed by atoms with van der Waals surface area (Å²) in [6.45, 7) is 0. The highest BCUT2D eigenvalue weighted by Crippen LogP contribution is 2.31. The molecule has 1 unspecified atom stereocenters. The van der Waals surface area contributed by atoms with E-state index in [9.17, 15) is 4.79 Å². The van der Waals surface area contributed by atoms with Gasteiger partial charge in [-0.15, -0.1) is 0 Å². The van der Waals surface area contributed by atoms with E-state index >= 15 is 0 Å². The first-order valence-electron chi connectivity index (χ1n) is 6.17. The summed E-state index contributed by atoms with van der Waals surface area (Å²) in [6.07, 6.45) is 0.536. The normalized spacial score (nSPS) is 12.5. The lowest BCUT2D eigenvalue weighted by molar-refractivity contribution is 0.0937. The molecule has 8 heteroatoms. The minimum atomic E-state index is -1.77. The topological polar surface area (TPSA) is 54.0 Å². The van der Waals surface area contributed by atoms with Gasteiger partial charge in [0, 0.05) is 16.9 Å². The van der Waals surface area contributed by atoms with Crippen molar-refractivity contribution in [1.82, 2.24) is 10.3 Å². The molecule has 22 heavy (non-hydrogen) atoms. The van der Waals surface area contributed by atoms with Crippen LogP contribution >= 0.6 is 46.4 Å². The van der Waals surface area contributed by atoms with Crippen LogP contribution in [-0.2, 0) is 0 Å². The molecule has 0 fully saturated rings. The number of amides is 1. The molecule has 0 saturated carbocycles. The summed E-state index contributed by atoms with van der Waals surface area (Å²) in [4.78, 5) is 16.1. The number of rotatable bonds is 4. The van der Waals surface area contributed by atoms with Crippen LogP contribution in [0.2, 0.25) is 5.02 Å². The molecule has 2 N–H and O–H groups in total. The number of alkyl halides is 3. The van der Waals surface area contributed by atoms with Gasteiger partial charge in [-0.3, -0.25) is 9.78 Å². The number of anilines is 1. The van der Waals surface area contributed by atoms with Gasteiger partial charge in [0.05, 0.1) is 0 Å². The average molecular weight is 379 g/mol. The van der Waals surface area contributed by atoms with Crippen LogP contribution in [0.4, 0.5) is 5.69 Å². The molecule has 1 aromatic carbocycles. The number of pyridine rings is 1. The quantitative estimate of drug-likeness (QED) is 0.616. The van der Waals surface area contributed by atoms with Crippen LogP contribution < -0.4 is 10.6 Å². The van der Waals surface area contributed by atoms with Gasteiger partial charge in [-0.05, 0) is 30.3 Å². The van der Waals surface area contributed by atoms with Crippen molar-refractivity contribution < 1.29 is 4.79 Å². The zero-order valence-electron chi connectivity index (χ0n) is 11.1. The van der Waals surface area contributed by atoms with Crippen LogP contribution in [0.1, 0.15) is 10.5 Å². The smallest absolute Gasteiger partial charge is 0.271 e.